The van der Waals surface area contributed by atoms with E-state index in [4.69, 9.17) is 14.7 Å². The highest BCUT2D eigenvalue weighted by Gasteiger charge is 2.12. The fourth-order valence-corrected chi connectivity index (χ4v) is 1.68. The van der Waals surface area contributed by atoms with Gasteiger partial charge in [0.2, 0.25) is 0 Å². The molecule has 0 aliphatic heterocycles. The van der Waals surface area contributed by atoms with Crippen LogP contribution in [0.1, 0.15) is 34.1 Å². The SMILES string of the molecule is CCOC(CCN(CC)CC(C)C#N)OCC. The zero-order valence-electron chi connectivity index (χ0n) is 11.6. The summed E-state index contributed by atoms with van der Waals surface area (Å²) in [4.78, 5) is 2.26. The fraction of sp³-hybridized carbons (Fsp3) is 0.923. The Kier molecular flexibility index (Phi) is 10.1. The lowest BCUT2D eigenvalue weighted by atomic mass is 10.2. The molecular formula is C13H26N2O2. The summed E-state index contributed by atoms with van der Waals surface area (Å²) in [6, 6.07) is 2.26. The third kappa shape index (κ3) is 8.14. The second-order valence-electron chi connectivity index (χ2n) is 4.05. The first-order valence-electron chi connectivity index (χ1n) is 6.52. The predicted octanol–water partition coefficient (Wildman–Crippen LogP) is 2.26. The number of hydrogen-bond donors (Lipinski definition) is 0. The molecule has 0 spiro atoms. The largest absolute Gasteiger partial charge is 0.353 e. The topological polar surface area (TPSA) is 45.5 Å². The molecule has 4 heteroatoms. The zero-order valence-corrected chi connectivity index (χ0v) is 11.6. The van der Waals surface area contributed by atoms with E-state index in [9.17, 15) is 0 Å². The van der Waals surface area contributed by atoms with Gasteiger partial charge in [0.1, 0.15) is 0 Å². The lowest BCUT2D eigenvalue weighted by Crippen LogP contribution is -2.32. The second-order valence-corrected chi connectivity index (χ2v) is 4.05. The summed E-state index contributed by atoms with van der Waals surface area (Å²) in [6.45, 7) is 12.0. The highest BCUT2D eigenvalue weighted by Crippen LogP contribution is 2.05. The van der Waals surface area contributed by atoms with Crippen LogP contribution in [0.3, 0.4) is 0 Å². The molecule has 0 saturated heterocycles. The summed E-state index contributed by atoms with van der Waals surface area (Å²) in [6.07, 6.45) is 0.740. The van der Waals surface area contributed by atoms with Gasteiger partial charge in [0.25, 0.3) is 0 Å². The van der Waals surface area contributed by atoms with E-state index in [0.29, 0.717) is 13.2 Å². The maximum Gasteiger partial charge on any atom is 0.158 e. The van der Waals surface area contributed by atoms with Gasteiger partial charge in [0.05, 0.1) is 12.0 Å². The van der Waals surface area contributed by atoms with Gasteiger partial charge in [-0.25, -0.2) is 0 Å². The molecule has 0 saturated carbocycles. The molecule has 0 aromatic carbocycles. The van der Waals surface area contributed by atoms with E-state index >= 15 is 0 Å². The van der Waals surface area contributed by atoms with Crippen molar-refractivity contribution in [3.05, 3.63) is 0 Å². The van der Waals surface area contributed by atoms with Gasteiger partial charge in [-0.1, -0.05) is 6.92 Å². The van der Waals surface area contributed by atoms with Crippen molar-refractivity contribution in [2.75, 3.05) is 32.8 Å². The van der Waals surface area contributed by atoms with Crippen molar-refractivity contribution in [1.29, 1.82) is 5.26 Å². The third-order valence-corrected chi connectivity index (χ3v) is 2.59. The number of nitriles is 1. The van der Waals surface area contributed by atoms with Gasteiger partial charge < -0.3 is 14.4 Å². The summed E-state index contributed by atoms with van der Waals surface area (Å²) in [7, 11) is 0. The average molecular weight is 242 g/mol. The van der Waals surface area contributed by atoms with Crippen LogP contribution in [0, 0.1) is 17.2 Å². The van der Waals surface area contributed by atoms with Crippen molar-refractivity contribution >= 4 is 0 Å². The van der Waals surface area contributed by atoms with E-state index in [-0.39, 0.29) is 12.2 Å². The highest BCUT2D eigenvalue weighted by atomic mass is 16.7. The molecule has 1 unspecified atom stereocenters. The summed E-state index contributed by atoms with van der Waals surface area (Å²) in [5.41, 5.74) is 0. The van der Waals surface area contributed by atoms with Gasteiger partial charge in [-0.15, -0.1) is 0 Å². The Morgan fingerprint density at radius 1 is 1.18 bits per heavy atom. The van der Waals surface area contributed by atoms with E-state index in [0.717, 1.165) is 26.1 Å². The van der Waals surface area contributed by atoms with Gasteiger partial charge >= 0.3 is 0 Å². The molecule has 17 heavy (non-hydrogen) atoms. The first-order chi connectivity index (χ1) is 8.17. The molecule has 4 nitrogen and oxygen atoms in total. The van der Waals surface area contributed by atoms with Gasteiger partial charge in [-0.3, -0.25) is 0 Å². The van der Waals surface area contributed by atoms with Gasteiger partial charge in [-0.2, -0.15) is 5.26 Å². The quantitative estimate of drug-likeness (QED) is 0.551. The zero-order chi connectivity index (χ0) is 13.1. The summed E-state index contributed by atoms with van der Waals surface area (Å²) in [5, 5.41) is 8.80. The van der Waals surface area contributed by atoms with Crippen molar-refractivity contribution in [1.82, 2.24) is 4.90 Å². The van der Waals surface area contributed by atoms with E-state index in [1.807, 2.05) is 20.8 Å². The molecule has 0 aliphatic carbocycles. The van der Waals surface area contributed by atoms with Crippen LogP contribution in [0.15, 0.2) is 0 Å². The van der Waals surface area contributed by atoms with E-state index in [1.54, 1.807) is 0 Å². The van der Waals surface area contributed by atoms with Crippen molar-refractivity contribution < 1.29 is 9.47 Å². The van der Waals surface area contributed by atoms with Crippen molar-refractivity contribution in [2.24, 2.45) is 5.92 Å². The first kappa shape index (κ1) is 16.4. The van der Waals surface area contributed by atoms with E-state index in [1.165, 1.54) is 0 Å². The molecule has 0 radical (unpaired) electrons. The highest BCUT2D eigenvalue weighted by molar-refractivity contribution is 4.81. The van der Waals surface area contributed by atoms with Gasteiger partial charge in [0.15, 0.2) is 6.29 Å². The molecule has 0 rings (SSSR count). The van der Waals surface area contributed by atoms with Gasteiger partial charge in [0, 0.05) is 32.7 Å². The Bertz CT molecular complexity index is 210. The monoisotopic (exact) mass is 242 g/mol. The minimum absolute atomic E-state index is 0.0765. The van der Waals surface area contributed by atoms with Crippen LogP contribution >= 0.6 is 0 Å². The molecule has 100 valence electrons. The molecule has 0 aliphatic rings. The minimum atomic E-state index is -0.114. The molecule has 0 aromatic heterocycles. The standard InChI is InChI=1S/C13H26N2O2/c1-5-15(11-12(4)10-14)9-8-13(16-6-2)17-7-3/h12-13H,5-9,11H2,1-4H3. The van der Waals surface area contributed by atoms with Crippen LogP contribution in [0.4, 0.5) is 0 Å². The molecule has 0 heterocycles. The molecular weight excluding hydrogens is 216 g/mol. The van der Waals surface area contributed by atoms with E-state index < -0.39 is 0 Å². The normalized spacial score (nSPS) is 13.0. The van der Waals surface area contributed by atoms with E-state index in [2.05, 4.69) is 17.9 Å². The van der Waals surface area contributed by atoms with Crippen molar-refractivity contribution in [2.45, 2.75) is 40.4 Å². The first-order valence-corrected chi connectivity index (χ1v) is 6.52. The number of hydrogen-bond acceptors (Lipinski definition) is 4. The van der Waals surface area contributed by atoms with Crippen LogP contribution in [-0.2, 0) is 9.47 Å². The van der Waals surface area contributed by atoms with Gasteiger partial charge in [-0.05, 0) is 27.3 Å². The molecule has 0 fully saturated rings. The van der Waals surface area contributed by atoms with Crippen molar-refractivity contribution in [3.63, 3.8) is 0 Å². The number of rotatable bonds is 10. The van der Waals surface area contributed by atoms with Crippen LogP contribution in [0.25, 0.3) is 0 Å². The van der Waals surface area contributed by atoms with Crippen LogP contribution in [0.5, 0.6) is 0 Å². The Morgan fingerprint density at radius 2 is 1.76 bits per heavy atom. The maximum absolute atomic E-state index is 8.80. The van der Waals surface area contributed by atoms with Crippen LogP contribution in [0.2, 0.25) is 0 Å². The summed E-state index contributed by atoms with van der Waals surface area (Å²) < 4.78 is 11.0. The van der Waals surface area contributed by atoms with Crippen molar-refractivity contribution in [3.8, 4) is 6.07 Å². The maximum atomic E-state index is 8.80. The second kappa shape index (κ2) is 10.5. The summed E-state index contributed by atoms with van der Waals surface area (Å²) >= 11 is 0. The average Bonchev–Trinajstić information content (AvgIpc) is 2.34. The number of nitrogens with zero attached hydrogens (tertiary/aromatic N) is 2. The third-order valence-electron chi connectivity index (χ3n) is 2.59. The molecule has 0 aromatic rings. The molecule has 1 atom stereocenters. The molecule has 0 amide bonds. The predicted molar refractivity (Wildman–Crippen MR) is 68.5 cm³/mol. The smallest absolute Gasteiger partial charge is 0.158 e. The lowest BCUT2D eigenvalue weighted by molar-refractivity contribution is -0.141. The Balaban J connectivity index is 3.97. The Morgan fingerprint density at radius 3 is 2.18 bits per heavy atom. The molecule has 0 N–H and O–H groups in total. The summed E-state index contributed by atoms with van der Waals surface area (Å²) in [5.74, 6) is 0.0765. The van der Waals surface area contributed by atoms with Crippen LogP contribution < -0.4 is 0 Å². The fourth-order valence-electron chi connectivity index (χ4n) is 1.68. The van der Waals surface area contributed by atoms with Crippen LogP contribution in [-0.4, -0.2) is 44.0 Å². The number of ether oxygens (including phenoxy) is 2. The Hall–Kier alpha value is -0.630. The Labute approximate surface area is 105 Å². The lowest BCUT2D eigenvalue weighted by Gasteiger charge is -2.24. The minimum Gasteiger partial charge on any atom is -0.353 e. The molecule has 0 bridgehead atoms.